The lowest BCUT2D eigenvalue weighted by Crippen LogP contribution is -2.45. The first-order valence-corrected chi connectivity index (χ1v) is 11.6. The van der Waals surface area contributed by atoms with Crippen LogP contribution in [0.3, 0.4) is 0 Å². The van der Waals surface area contributed by atoms with Crippen molar-refractivity contribution in [3.63, 3.8) is 0 Å². The topological polar surface area (TPSA) is 59.2 Å². The Balaban J connectivity index is 1.56. The normalized spacial score (nSPS) is 19.2. The van der Waals surface area contributed by atoms with E-state index in [1.807, 2.05) is 23.1 Å². The largest absolute Gasteiger partial charge is 0.326 e. The van der Waals surface area contributed by atoms with Gasteiger partial charge in [0.15, 0.2) is 0 Å². The zero-order chi connectivity index (χ0) is 22.7. The molecule has 1 aliphatic carbocycles. The Bertz CT molecular complexity index is 1030. The monoisotopic (exact) mass is 427 g/mol. The summed E-state index contributed by atoms with van der Waals surface area (Å²) in [6.07, 6.45) is 3.65. The molecule has 0 radical (unpaired) electrons. The molecule has 4 atom stereocenters. The number of aryl methyl sites for hydroxylation is 1. The number of aromatic nitrogens is 1. The molecule has 0 unspecified atom stereocenters. The summed E-state index contributed by atoms with van der Waals surface area (Å²) in [5.74, 6) is 0.689. The zero-order valence-electron chi connectivity index (χ0n) is 19.2. The highest BCUT2D eigenvalue weighted by atomic mass is 16.2. The highest BCUT2D eigenvalue weighted by Gasteiger charge is 2.47. The molecule has 1 aliphatic rings. The van der Waals surface area contributed by atoms with Crippen molar-refractivity contribution in [3.05, 3.63) is 84.2 Å². The number of rotatable bonds is 8. The fraction of sp³-hybridized carbons (Fsp3) is 0.357. The molecule has 1 heterocycles. The fourth-order valence-corrected chi connectivity index (χ4v) is 4.19. The number of hydrogen-bond acceptors (Lipinski definition) is 3. The van der Waals surface area contributed by atoms with Crippen LogP contribution in [0.5, 0.6) is 0 Å². The van der Waals surface area contributed by atoms with Gasteiger partial charge in [0.25, 0.3) is 0 Å². The van der Waals surface area contributed by atoms with Crippen molar-refractivity contribution in [3.8, 4) is 11.1 Å². The molecule has 1 fully saturated rings. The fourth-order valence-electron chi connectivity index (χ4n) is 4.19. The van der Waals surface area contributed by atoms with E-state index in [1.54, 1.807) is 6.20 Å². The number of anilines is 1. The Morgan fingerprint density at radius 2 is 1.72 bits per heavy atom. The lowest BCUT2D eigenvalue weighted by atomic mass is 9.98. The Labute approximate surface area is 191 Å². The third kappa shape index (κ3) is 4.91. The van der Waals surface area contributed by atoms with Gasteiger partial charge in [-0.15, -0.1) is 0 Å². The van der Waals surface area contributed by atoms with Crippen LogP contribution < -0.4 is 10.6 Å². The van der Waals surface area contributed by atoms with Gasteiger partial charge in [-0.05, 0) is 54.7 Å². The van der Waals surface area contributed by atoms with Gasteiger partial charge in [0, 0.05) is 42.0 Å². The van der Waals surface area contributed by atoms with Crippen molar-refractivity contribution in [1.82, 2.24) is 4.98 Å². The van der Waals surface area contributed by atoms with Crippen LogP contribution in [0.1, 0.15) is 43.9 Å². The maximum Gasteiger partial charge on any atom is 0.230 e. The van der Waals surface area contributed by atoms with Crippen molar-refractivity contribution in [2.24, 2.45) is 17.6 Å². The van der Waals surface area contributed by atoms with E-state index in [9.17, 15) is 4.79 Å². The molecular weight excluding hydrogens is 394 g/mol. The lowest BCUT2D eigenvalue weighted by Gasteiger charge is -2.29. The maximum atomic E-state index is 13.6. The van der Waals surface area contributed by atoms with Gasteiger partial charge in [-0.3, -0.25) is 9.78 Å². The minimum Gasteiger partial charge on any atom is -0.326 e. The smallest absolute Gasteiger partial charge is 0.230 e. The molecule has 32 heavy (non-hydrogen) atoms. The Morgan fingerprint density at radius 1 is 1.06 bits per heavy atom. The van der Waals surface area contributed by atoms with E-state index in [0.717, 1.165) is 29.8 Å². The van der Waals surface area contributed by atoms with Gasteiger partial charge >= 0.3 is 0 Å². The summed E-state index contributed by atoms with van der Waals surface area (Å²) in [6.45, 7) is 6.92. The summed E-state index contributed by atoms with van der Waals surface area (Å²) in [7, 11) is 0. The van der Waals surface area contributed by atoms with E-state index < -0.39 is 0 Å². The summed E-state index contributed by atoms with van der Waals surface area (Å²) in [6, 6.07) is 22.7. The van der Waals surface area contributed by atoms with Crippen LogP contribution in [0.25, 0.3) is 11.1 Å². The van der Waals surface area contributed by atoms with E-state index in [4.69, 9.17) is 5.73 Å². The third-order valence-corrected chi connectivity index (χ3v) is 6.77. The number of carbonyl (C=O) groups is 1. The summed E-state index contributed by atoms with van der Waals surface area (Å²) >= 11 is 0. The molecule has 0 bridgehead atoms. The van der Waals surface area contributed by atoms with Gasteiger partial charge in [0.2, 0.25) is 5.91 Å². The molecule has 4 heteroatoms. The number of pyridine rings is 1. The molecule has 4 nitrogen and oxygen atoms in total. The molecule has 4 rings (SSSR count). The quantitative estimate of drug-likeness (QED) is 0.511. The van der Waals surface area contributed by atoms with Gasteiger partial charge in [0.05, 0.1) is 0 Å². The van der Waals surface area contributed by atoms with E-state index in [-0.39, 0.29) is 23.8 Å². The molecule has 0 spiro atoms. The molecule has 166 valence electrons. The van der Waals surface area contributed by atoms with Crippen LogP contribution in [0.4, 0.5) is 5.69 Å². The average molecular weight is 428 g/mol. The highest BCUT2D eigenvalue weighted by molar-refractivity contribution is 5.97. The second kappa shape index (κ2) is 9.66. The second-order valence-corrected chi connectivity index (χ2v) is 9.11. The first-order valence-electron chi connectivity index (χ1n) is 11.6. The summed E-state index contributed by atoms with van der Waals surface area (Å²) in [5, 5.41) is 0. The van der Waals surface area contributed by atoms with E-state index in [0.29, 0.717) is 12.5 Å². The standard InChI is InChI=1S/C28H33N3O/c1-4-20(3)26(29)18-31(28(32)25-17-24(25)27-7-5-6-16-30-27)23-14-12-22(13-15-23)21-10-8-19(2)9-11-21/h5-16,20,24-26H,4,17-18,29H2,1-3H3/t20-,24+,25+,26+/m0/s1. The van der Waals surface area contributed by atoms with Gasteiger partial charge in [-0.25, -0.2) is 0 Å². The Hall–Kier alpha value is -2.98. The lowest BCUT2D eigenvalue weighted by molar-refractivity contribution is -0.120. The Morgan fingerprint density at radius 3 is 2.31 bits per heavy atom. The predicted octanol–water partition coefficient (Wildman–Crippen LogP) is 5.57. The number of nitrogens with zero attached hydrogens (tertiary/aromatic N) is 2. The summed E-state index contributed by atoms with van der Waals surface area (Å²) < 4.78 is 0. The molecule has 1 aromatic heterocycles. The molecule has 1 amide bonds. The molecule has 0 aliphatic heterocycles. The van der Waals surface area contributed by atoms with Crippen LogP contribution in [0.2, 0.25) is 0 Å². The molecule has 2 aromatic carbocycles. The molecule has 0 saturated heterocycles. The van der Waals surface area contributed by atoms with E-state index >= 15 is 0 Å². The van der Waals surface area contributed by atoms with Crippen LogP contribution in [0, 0.1) is 18.8 Å². The number of benzene rings is 2. The third-order valence-electron chi connectivity index (χ3n) is 6.77. The van der Waals surface area contributed by atoms with Gasteiger partial charge < -0.3 is 10.6 Å². The zero-order valence-corrected chi connectivity index (χ0v) is 19.2. The van der Waals surface area contributed by atoms with Crippen LogP contribution in [0.15, 0.2) is 72.9 Å². The highest BCUT2D eigenvalue weighted by Crippen LogP contribution is 2.48. The average Bonchev–Trinajstić information content (AvgIpc) is 3.64. The number of carbonyl (C=O) groups excluding carboxylic acids is 1. The number of nitrogens with two attached hydrogens (primary N) is 1. The van der Waals surface area contributed by atoms with E-state index in [1.165, 1.54) is 11.1 Å². The first kappa shape index (κ1) is 22.2. The van der Waals surface area contributed by atoms with Crippen molar-refractivity contribution >= 4 is 11.6 Å². The van der Waals surface area contributed by atoms with Crippen molar-refractivity contribution in [1.29, 1.82) is 0 Å². The molecule has 1 saturated carbocycles. The van der Waals surface area contributed by atoms with Gasteiger partial charge in [-0.1, -0.05) is 68.3 Å². The summed E-state index contributed by atoms with van der Waals surface area (Å²) in [4.78, 5) is 19.9. The SMILES string of the molecule is CC[C@H](C)[C@H](N)CN(C(=O)[C@@H]1C[C@H]1c1ccccn1)c1ccc(-c2ccc(C)cc2)cc1. The van der Waals surface area contributed by atoms with Gasteiger partial charge in [-0.2, -0.15) is 0 Å². The minimum absolute atomic E-state index is 0.0224. The minimum atomic E-state index is -0.0622. The summed E-state index contributed by atoms with van der Waals surface area (Å²) in [5.41, 5.74) is 12.0. The second-order valence-electron chi connectivity index (χ2n) is 9.11. The predicted molar refractivity (Wildman–Crippen MR) is 131 cm³/mol. The number of amides is 1. The molecule has 3 aromatic rings. The molecule has 2 N–H and O–H groups in total. The first-order chi connectivity index (χ1) is 15.5. The Kier molecular flexibility index (Phi) is 6.71. The van der Waals surface area contributed by atoms with Crippen LogP contribution >= 0.6 is 0 Å². The van der Waals surface area contributed by atoms with Crippen LogP contribution in [-0.2, 0) is 4.79 Å². The van der Waals surface area contributed by atoms with E-state index in [2.05, 4.69) is 74.3 Å². The van der Waals surface area contributed by atoms with Crippen LogP contribution in [-0.4, -0.2) is 23.5 Å². The van der Waals surface area contributed by atoms with Crippen molar-refractivity contribution in [2.45, 2.75) is 45.6 Å². The van der Waals surface area contributed by atoms with Crippen molar-refractivity contribution in [2.75, 3.05) is 11.4 Å². The molecular formula is C28H33N3O. The van der Waals surface area contributed by atoms with Crippen molar-refractivity contribution < 1.29 is 4.79 Å². The maximum absolute atomic E-state index is 13.6. The number of hydrogen-bond donors (Lipinski definition) is 1. The van der Waals surface area contributed by atoms with Gasteiger partial charge in [0.1, 0.15) is 0 Å².